The lowest BCUT2D eigenvalue weighted by molar-refractivity contribution is 0.385. The number of thioether (sulfide) groups is 1. The molecule has 0 aliphatic rings. The average Bonchev–Trinajstić information content (AvgIpc) is 3.16. The van der Waals surface area contributed by atoms with Crippen LogP contribution in [0.4, 0.5) is 0 Å². The van der Waals surface area contributed by atoms with Crippen molar-refractivity contribution >= 4 is 23.1 Å². The van der Waals surface area contributed by atoms with Gasteiger partial charge in [-0.2, -0.15) is 4.98 Å². The molecule has 0 aliphatic carbocycles. The number of aromatic nitrogens is 3. The molecule has 0 saturated carbocycles. The van der Waals surface area contributed by atoms with Gasteiger partial charge in [-0.25, -0.2) is 4.98 Å². The SMILES string of the molecule is c1ccc(CCc2noc(CSc3nccs3)n2)cc1. The molecule has 102 valence electrons. The van der Waals surface area contributed by atoms with E-state index in [9.17, 15) is 0 Å². The van der Waals surface area contributed by atoms with Gasteiger partial charge in [0.2, 0.25) is 5.89 Å². The van der Waals surface area contributed by atoms with E-state index in [1.165, 1.54) is 5.56 Å². The zero-order valence-corrected chi connectivity index (χ0v) is 12.4. The number of benzene rings is 1. The molecule has 0 N–H and O–H groups in total. The van der Waals surface area contributed by atoms with Crippen molar-refractivity contribution in [3.8, 4) is 0 Å². The molecule has 0 saturated heterocycles. The molecule has 0 unspecified atom stereocenters. The second-order valence-electron chi connectivity index (χ2n) is 4.18. The van der Waals surface area contributed by atoms with E-state index < -0.39 is 0 Å². The van der Waals surface area contributed by atoms with Gasteiger partial charge in [-0.05, 0) is 12.0 Å². The molecule has 2 aromatic heterocycles. The molecular weight excluding hydrogens is 290 g/mol. The summed E-state index contributed by atoms with van der Waals surface area (Å²) in [5, 5.41) is 5.97. The third kappa shape index (κ3) is 3.68. The predicted molar refractivity (Wildman–Crippen MR) is 79.8 cm³/mol. The van der Waals surface area contributed by atoms with Crippen molar-refractivity contribution in [1.82, 2.24) is 15.1 Å². The summed E-state index contributed by atoms with van der Waals surface area (Å²) in [5.74, 6) is 2.10. The van der Waals surface area contributed by atoms with Gasteiger partial charge in [0.15, 0.2) is 5.82 Å². The Morgan fingerprint density at radius 1 is 1.15 bits per heavy atom. The highest BCUT2D eigenvalue weighted by Crippen LogP contribution is 2.23. The Balaban J connectivity index is 1.51. The Labute approximate surface area is 125 Å². The molecule has 3 rings (SSSR count). The summed E-state index contributed by atoms with van der Waals surface area (Å²) in [5.41, 5.74) is 1.29. The van der Waals surface area contributed by atoms with E-state index in [4.69, 9.17) is 4.52 Å². The van der Waals surface area contributed by atoms with Gasteiger partial charge >= 0.3 is 0 Å². The third-order valence-corrected chi connectivity index (χ3v) is 4.67. The van der Waals surface area contributed by atoms with Crippen LogP contribution in [0.2, 0.25) is 0 Å². The molecule has 2 heterocycles. The van der Waals surface area contributed by atoms with Crippen LogP contribution in [0.15, 0.2) is 50.8 Å². The quantitative estimate of drug-likeness (QED) is 0.651. The molecule has 0 atom stereocenters. The van der Waals surface area contributed by atoms with Crippen molar-refractivity contribution < 1.29 is 4.52 Å². The van der Waals surface area contributed by atoms with Gasteiger partial charge < -0.3 is 4.52 Å². The molecule has 4 nitrogen and oxygen atoms in total. The van der Waals surface area contributed by atoms with E-state index in [0.717, 1.165) is 23.0 Å². The van der Waals surface area contributed by atoms with Crippen LogP contribution >= 0.6 is 23.1 Å². The minimum absolute atomic E-state index is 0.660. The number of aryl methyl sites for hydroxylation is 2. The van der Waals surface area contributed by atoms with Gasteiger partial charge in [-0.3, -0.25) is 0 Å². The van der Waals surface area contributed by atoms with E-state index in [2.05, 4.69) is 27.3 Å². The Hall–Kier alpha value is -1.66. The zero-order valence-electron chi connectivity index (χ0n) is 10.7. The summed E-state index contributed by atoms with van der Waals surface area (Å²) in [6.45, 7) is 0. The van der Waals surface area contributed by atoms with Crippen molar-refractivity contribution in [1.29, 1.82) is 0 Å². The lowest BCUT2D eigenvalue weighted by atomic mass is 10.1. The van der Waals surface area contributed by atoms with Crippen LogP contribution in [0.25, 0.3) is 0 Å². The van der Waals surface area contributed by atoms with Crippen molar-refractivity contribution in [2.75, 3.05) is 0 Å². The van der Waals surface area contributed by atoms with Crippen LogP contribution in [0.3, 0.4) is 0 Å². The van der Waals surface area contributed by atoms with E-state index in [1.54, 1.807) is 29.3 Å². The molecule has 6 heteroatoms. The normalized spacial score (nSPS) is 10.8. The highest BCUT2D eigenvalue weighted by Gasteiger charge is 2.08. The van der Waals surface area contributed by atoms with Crippen LogP contribution in [0.1, 0.15) is 17.3 Å². The van der Waals surface area contributed by atoms with E-state index in [-0.39, 0.29) is 0 Å². The lowest BCUT2D eigenvalue weighted by Crippen LogP contribution is -1.93. The minimum Gasteiger partial charge on any atom is -0.338 e. The Kier molecular flexibility index (Phi) is 4.45. The van der Waals surface area contributed by atoms with Gasteiger partial charge in [0.1, 0.15) is 4.34 Å². The summed E-state index contributed by atoms with van der Waals surface area (Å²) >= 11 is 3.24. The van der Waals surface area contributed by atoms with Crippen molar-refractivity contribution in [3.05, 3.63) is 59.2 Å². The molecule has 0 aliphatic heterocycles. The third-order valence-electron chi connectivity index (χ3n) is 2.72. The largest absolute Gasteiger partial charge is 0.338 e. The highest BCUT2D eigenvalue weighted by atomic mass is 32.2. The molecule has 0 spiro atoms. The number of thiazole rings is 1. The monoisotopic (exact) mass is 303 g/mol. The molecule has 3 aromatic rings. The molecular formula is C14H13N3OS2. The predicted octanol–water partition coefficient (Wildman–Crippen LogP) is 3.60. The summed E-state index contributed by atoms with van der Waals surface area (Å²) in [4.78, 5) is 8.61. The minimum atomic E-state index is 0.660. The maximum atomic E-state index is 5.25. The van der Waals surface area contributed by atoms with Gasteiger partial charge in [-0.15, -0.1) is 11.3 Å². The Morgan fingerprint density at radius 2 is 2.05 bits per heavy atom. The smallest absolute Gasteiger partial charge is 0.237 e. The number of hydrogen-bond acceptors (Lipinski definition) is 6. The van der Waals surface area contributed by atoms with E-state index in [0.29, 0.717) is 11.6 Å². The lowest BCUT2D eigenvalue weighted by Gasteiger charge is -1.96. The standard InChI is InChI=1S/C14H13N3OS2/c1-2-4-11(5-3-1)6-7-12-16-13(18-17-12)10-20-14-15-8-9-19-14/h1-5,8-9H,6-7,10H2. The molecule has 0 bridgehead atoms. The Bertz CT molecular complexity index is 638. The second-order valence-corrected chi connectivity index (χ2v) is 6.29. The first-order chi connectivity index (χ1) is 9.90. The highest BCUT2D eigenvalue weighted by molar-refractivity contribution is 8.00. The van der Waals surface area contributed by atoms with Crippen molar-refractivity contribution in [3.63, 3.8) is 0 Å². The summed E-state index contributed by atoms with van der Waals surface area (Å²) in [7, 11) is 0. The molecule has 1 aromatic carbocycles. The fourth-order valence-corrected chi connectivity index (χ4v) is 3.23. The van der Waals surface area contributed by atoms with Crippen LogP contribution in [0, 0.1) is 0 Å². The van der Waals surface area contributed by atoms with E-state index >= 15 is 0 Å². The van der Waals surface area contributed by atoms with Crippen molar-refractivity contribution in [2.24, 2.45) is 0 Å². The maximum absolute atomic E-state index is 5.25. The molecule has 0 amide bonds. The first kappa shape index (κ1) is 13.3. The number of hydrogen-bond donors (Lipinski definition) is 0. The molecule has 0 radical (unpaired) electrons. The maximum Gasteiger partial charge on any atom is 0.237 e. The molecule has 0 fully saturated rings. The summed E-state index contributed by atoms with van der Waals surface area (Å²) in [6.07, 6.45) is 3.53. The van der Waals surface area contributed by atoms with Crippen LogP contribution in [-0.4, -0.2) is 15.1 Å². The first-order valence-corrected chi connectivity index (χ1v) is 8.14. The zero-order chi connectivity index (χ0) is 13.6. The topological polar surface area (TPSA) is 51.8 Å². The van der Waals surface area contributed by atoms with Crippen molar-refractivity contribution in [2.45, 2.75) is 22.9 Å². The van der Waals surface area contributed by atoms with Crippen LogP contribution in [-0.2, 0) is 18.6 Å². The van der Waals surface area contributed by atoms with Gasteiger partial charge in [0.05, 0.1) is 5.75 Å². The number of nitrogens with zero attached hydrogens (tertiary/aromatic N) is 3. The Morgan fingerprint density at radius 3 is 2.85 bits per heavy atom. The van der Waals surface area contributed by atoms with Gasteiger partial charge in [-0.1, -0.05) is 47.3 Å². The average molecular weight is 303 g/mol. The van der Waals surface area contributed by atoms with Gasteiger partial charge in [0.25, 0.3) is 0 Å². The number of rotatable bonds is 6. The summed E-state index contributed by atoms with van der Waals surface area (Å²) in [6, 6.07) is 10.3. The molecule has 20 heavy (non-hydrogen) atoms. The van der Waals surface area contributed by atoms with Crippen LogP contribution in [0.5, 0.6) is 0 Å². The van der Waals surface area contributed by atoms with Gasteiger partial charge in [0, 0.05) is 18.0 Å². The summed E-state index contributed by atoms with van der Waals surface area (Å²) < 4.78 is 6.27. The fraction of sp³-hybridized carbons (Fsp3) is 0.214. The second kappa shape index (κ2) is 6.67. The first-order valence-electron chi connectivity index (χ1n) is 6.28. The fourth-order valence-electron chi connectivity index (χ4n) is 1.76. The van der Waals surface area contributed by atoms with E-state index in [1.807, 2.05) is 23.6 Å². The van der Waals surface area contributed by atoms with Crippen LogP contribution < -0.4 is 0 Å².